The molecule has 0 aliphatic carbocycles. The van der Waals surface area contributed by atoms with Gasteiger partial charge in [-0.3, -0.25) is 9.78 Å². The summed E-state index contributed by atoms with van der Waals surface area (Å²) in [7, 11) is 0. The van der Waals surface area contributed by atoms with Gasteiger partial charge in [-0.2, -0.15) is 0 Å². The first kappa shape index (κ1) is 13.5. The van der Waals surface area contributed by atoms with Crippen LogP contribution in [-0.2, 0) is 4.74 Å². The van der Waals surface area contributed by atoms with Gasteiger partial charge in [0.05, 0.1) is 24.9 Å². The van der Waals surface area contributed by atoms with Gasteiger partial charge in [-0.05, 0) is 35.0 Å². The summed E-state index contributed by atoms with van der Waals surface area (Å²) in [5.74, 6) is 0.865. The summed E-state index contributed by atoms with van der Waals surface area (Å²) in [5.41, 5.74) is 2.14. The molecule has 0 unspecified atom stereocenters. The van der Waals surface area contributed by atoms with Gasteiger partial charge in [0.25, 0.3) is 0 Å². The van der Waals surface area contributed by atoms with Crippen molar-refractivity contribution >= 4 is 38.6 Å². The summed E-state index contributed by atoms with van der Waals surface area (Å²) < 4.78 is 6.13. The highest BCUT2D eigenvalue weighted by Gasteiger charge is 2.15. The van der Waals surface area contributed by atoms with Gasteiger partial charge >= 0.3 is 0 Å². The molecule has 6 heteroatoms. The van der Waals surface area contributed by atoms with Gasteiger partial charge in [0.2, 0.25) is 0 Å². The number of benzene rings is 1. The third-order valence-electron chi connectivity index (χ3n) is 3.33. The number of hydrogen-bond donors (Lipinski definition) is 0. The second-order valence-electron chi connectivity index (χ2n) is 4.71. The van der Waals surface area contributed by atoms with Crippen LogP contribution < -0.4 is 4.90 Å². The largest absolute Gasteiger partial charge is 0.378 e. The molecule has 20 heavy (non-hydrogen) atoms. The van der Waals surface area contributed by atoms with Crippen LogP contribution in [-0.4, -0.2) is 42.1 Å². The highest BCUT2D eigenvalue weighted by atomic mass is 79.9. The lowest BCUT2D eigenvalue weighted by Gasteiger charge is -2.27. The lowest BCUT2D eigenvalue weighted by Crippen LogP contribution is -2.36. The van der Waals surface area contributed by atoms with E-state index in [4.69, 9.17) is 4.74 Å². The van der Waals surface area contributed by atoms with Gasteiger partial charge in [-0.1, -0.05) is 0 Å². The third-order valence-corrected chi connectivity index (χ3v) is 3.93. The first-order valence-electron chi connectivity index (χ1n) is 6.45. The molecule has 5 nitrogen and oxygen atoms in total. The number of hydrogen-bond acceptors (Lipinski definition) is 5. The molecule has 1 saturated heterocycles. The van der Waals surface area contributed by atoms with E-state index in [-0.39, 0.29) is 5.78 Å². The molecule has 0 atom stereocenters. The lowest BCUT2D eigenvalue weighted by atomic mass is 10.1. The number of anilines is 1. The van der Waals surface area contributed by atoms with E-state index in [9.17, 15) is 4.79 Å². The molecule has 0 spiro atoms. The molecule has 3 rings (SSSR count). The standard InChI is InChI=1S/C14H14BrN3O2/c1-9(19)10-6-11(15)14-12(7-10)16-8-13(17-14)18-2-4-20-5-3-18/h6-8H,2-5H2,1H3. The zero-order valence-corrected chi connectivity index (χ0v) is 12.7. The quantitative estimate of drug-likeness (QED) is 0.789. The molecule has 1 fully saturated rings. The molecule has 0 saturated carbocycles. The zero-order chi connectivity index (χ0) is 14.1. The number of aromatic nitrogens is 2. The van der Waals surface area contributed by atoms with Gasteiger partial charge in [-0.15, -0.1) is 0 Å². The summed E-state index contributed by atoms with van der Waals surface area (Å²) in [4.78, 5) is 22.7. The molecule has 0 bridgehead atoms. The first-order valence-corrected chi connectivity index (χ1v) is 7.24. The van der Waals surface area contributed by atoms with Gasteiger partial charge in [-0.25, -0.2) is 4.98 Å². The fourth-order valence-corrected chi connectivity index (χ4v) is 2.75. The van der Waals surface area contributed by atoms with Crippen LogP contribution in [0.15, 0.2) is 22.8 Å². The van der Waals surface area contributed by atoms with Crippen molar-refractivity contribution in [3.63, 3.8) is 0 Å². The summed E-state index contributed by atoms with van der Waals surface area (Å²) in [5, 5.41) is 0. The number of fused-ring (bicyclic) bond motifs is 1. The van der Waals surface area contributed by atoms with E-state index in [1.54, 1.807) is 25.3 Å². The van der Waals surface area contributed by atoms with Crippen molar-refractivity contribution < 1.29 is 9.53 Å². The Kier molecular flexibility index (Phi) is 3.67. The first-order chi connectivity index (χ1) is 9.65. The number of ether oxygens (including phenoxy) is 1. The smallest absolute Gasteiger partial charge is 0.159 e. The number of ketones is 1. The molecular formula is C14H14BrN3O2. The third kappa shape index (κ3) is 2.53. The lowest BCUT2D eigenvalue weighted by molar-refractivity contribution is 0.101. The molecule has 0 radical (unpaired) electrons. The van der Waals surface area contributed by atoms with Crippen LogP contribution in [0.25, 0.3) is 11.0 Å². The maximum absolute atomic E-state index is 11.5. The van der Waals surface area contributed by atoms with Crippen molar-refractivity contribution in [2.75, 3.05) is 31.2 Å². The zero-order valence-electron chi connectivity index (χ0n) is 11.1. The minimum absolute atomic E-state index is 0.0201. The van der Waals surface area contributed by atoms with Crippen LogP contribution in [0.2, 0.25) is 0 Å². The fraction of sp³-hybridized carbons (Fsp3) is 0.357. The summed E-state index contributed by atoms with van der Waals surface area (Å²) in [6.07, 6.45) is 1.75. The Hall–Kier alpha value is -1.53. The molecule has 104 valence electrons. The molecule has 1 aromatic heterocycles. The van der Waals surface area contributed by atoms with Gasteiger partial charge in [0.1, 0.15) is 11.3 Å². The van der Waals surface area contributed by atoms with Crippen LogP contribution in [0, 0.1) is 0 Å². The van der Waals surface area contributed by atoms with Crippen molar-refractivity contribution in [2.45, 2.75) is 6.92 Å². The van der Waals surface area contributed by atoms with Crippen LogP contribution >= 0.6 is 15.9 Å². The van der Waals surface area contributed by atoms with Crippen molar-refractivity contribution in [1.82, 2.24) is 9.97 Å². The van der Waals surface area contributed by atoms with Crippen LogP contribution in [0.3, 0.4) is 0 Å². The maximum Gasteiger partial charge on any atom is 0.159 e. The van der Waals surface area contributed by atoms with Crippen molar-refractivity contribution in [3.8, 4) is 0 Å². The normalized spacial score (nSPS) is 15.6. The van der Waals surface area contributed by atoms with E-state index in [0.29, 0.717) is 18.8 Å². The molecule has 0 N–H and O–H groups in total. The topological polar surface area (TPSA) is 55.3 Å². The number of carbonyl (C=O) groups excluding carboxylic acids is 1. The Morgan fingerprint density at radius 3 is 2.80 bits per heavy atom. The number of Topliss-reactive ketones (excluding diaryl/α,β-unsaturated/α-hetero) is 1. The summed E-state index contributed by atoms with van der Waals surface area (Å²) >= 11 is 3.48. The summed E-state index contributed by atoms with van der Waals surface area (Å²) in [6.45, 7) is 4.62. The molecule has 1 aliphatic rings. The number of carbonyl (C=O) groups is 1. The van der Waals surface area contributed by atoms with Gasteiger partial charge in [0.15, 0.2) is 5.78 Å². The van der Waals surface area contributed by atoms with Crippen LogP contribution in [0.1, 0.15) is 17.3 Å². The highest BCUT2D eigenvalue weighted by molar-refractivity contribution is 9.10. The average Bonchev–Trinajstić information content (AvgIpc) is 2.47. The van der Waals surface area contributed by atoms with E-state index in [1.807, 2.05) is 0 Å². The second-order valence-corrected chi connectivity index (χ2v) is 5.56. The highest BCUT2D eigenvalue weighted by Crippen LogP contribution is 2.25. The Morgan fingerprint density at radius 2 is 2.10 bits per heavy atom. The predicted molar refractivity (Wildman–Crippen MR) is 80.3 cm³/mol. The second kappa shape index (κ2) is 5.46. The van der Waals surface area contributed by atoms with Crippen molar-refractivity contribution in [1.29, 1.82) is 0 Å². The minimum Gasteiger partial charge on any atom is -0.378 e. The predicted octanol–water partition coefficient (Wildman–Crippen LogP) is 2.43. The van der Waals surface area contributed by atoms with Gasteiger partial charge < -0.3 is 9.64 Å². The van der Waals surface area contributed by atoms with Crippen molar-refractivity contribution in [2.24, 2.45) is 0 Å². The van der Waals surface area contributed by atoms with Crippen molar-refractivity contribution in [3.05, 3.63) is 28.4 Å². The molecule has 2 aromatic rings. The Labute approximate surface area is 125 Å². The SMILES string of the molecule is CC(=O)c1cc(Br)c2nc(N3CCOCC3)cnc2c1. The van der Waals surface area contributed by atoms with E-state index >= 15 is 0 Å². The van der Waals surface area contributed by atoms with Gasteiger partial charge in [0, 0.05) is 23.1 Å². The molecule has 1 aliphatic heterocycles. The Bertz CT molecular complexity index is 669. The number of halogens is 1. The van der Waals surface area contributed by atoms with E-state index in [0.717, 1.165) is 34.4 Å². The van der Waals surface area contributed by atoms with E-state index in [2.05, 4.69) is 30.8 Å². The number of rotatable bonds is 2. The average molecular weight is 336 g/mol. The van der Waals surface area contributed by atoms with Crippen LogP contribution in [0.5, 0.6) is 0 Å². The number of nitrogens with zero attached hydrogens (tertiary/aromatic N) is 3. The Morgan fingerprint density at radius 1 is 1.35 bits per heavy atom. The fourth-order valence-electron chi connectivity index (χ4n) is 2.21. The maximum atomic E-state index is 11.5. The monoisotopic (exact) mass is 335 g/mol. The Balaban J connectivity index is 2.04. The number of morpholine rings is 1. The van der Waals surface area contributed by atoms with E-state index < -0.39 is 0 Å². The van der Waals surface area contributed by atoms with E-state index in [1.165, 1.54) is 0 Å². The molecule has 1 aromatic carbocycles. The van der Waals surface area contributed by atoms with Crippen LogP contribution in [0.4, 0.5) is 5.82 Å². The molecule has 0 amide bonds. The minimum atomic E-state index is 0.0201. The summed E-state index contributed by atoms with van der Waals surface area (Å²) in [6, 6.07) is 3.57. The molecule has 2 heterocycles. The molecular weight excluding hydrogens is 322 g/mol.